The minimum absolute atomic E-state index is 0.173. The van der Waals surface area contributed by atoms with Gasteiger partial charge in [0.1, 0.15) is 5.70 Å². The summed E-state index contributed by atoms with van der Waals surface area (Å²) in [7, 11) is 0. The van der Waals surface area contributed by atoms with E-state index in [1.807, 2.05) is 36.6 Å². The monoisotopic (exact) mass is 334 g/mol. The summed E-state index contributed by atoms with van der Waals surface area (Å²) in [5.41, 5.74) is 2.10. The summed E-state index contributed by atoms with van der Waals surface area (Å²) in [6.07, 6.45) is 1.80. The number of nitrogens with zero attached hydrogens (tertiary/aromatic N) is 1. The number of benzene rings is 1. The highest BCUT2D eigenvalue weighted by Gasteiger charge is 2.32. The van der Waals surface area contributed by atoms with Gasteiger partial charge in [-0.3, -0.25) is 9.69 Å². The first-order valence-corrected chi connectivity index (χ1v) is 7.89. The lowest BCUT2D eigenvalue weighted by Crippen LogP contribution is -2.30. The van der Waals surface area contributed by atoms with Crippen LogP contribution in [0, 0.1) is 6.92 Å². The van der Waals surface area contributed by atoms with Crippen molar-refractivity contribution in [3.05, 3.63) is 56.9 Å². The van der Waals surface area contributed by atoms with E-state index in [-0.39, 0.29) is 5.91 Å². The molecule has 6 heteroatoms. The predicted molar refractivity (Wildman–Crippen MR) is 91.7 cm³/mol. The number of aryl methyl sites for hydroxylation is 1. The van der Waals surface area contributed by atoms with E-state index in [2.05, 4.69) is 5.32 Å². The molecule has 106 valence electrons. The number of hydrogen-bond acceptors (Lipinski definition) is 3. The molecule has 1 aromatic carbocycles. The van der Waals surface area contributed by atoms with Gasteiger partial charge in [0.2, 0.25) is 0 Å². The van der Waals surface area contributed by atoms with Gasteiger partial charge in [0, 0.05) is 9.90 Å². The number of carbonyl (C=O) groups excluding carboxylic acids is 1. The van der Waals surface area contributed by atoms with Gasteiger partial charge in [-0.15, -0.1) is 11.3 Å². The van der Waals surface area contributed by atoms with Gasteiger partial charge in [-0.2, -0.15) is 0 Å². The lowest BCUT2D eigenvalue weighted by atomic mass is 10.2. The summed E-state index contributed by atoms with van der Waals surface area (Å²) in [5.74, 6) is -0.173. The molecule has 0 bridgehead atoms. The fourth-order valence-electron chi connectivity index (χ4n) is 2.01. The number of rotatable bonds is 2. The number of nitrogens with one attached hydrogen (secondary N) is 1. The molecule has 1 N–H and O–H groups in total. The second-order valence-corrected chi connectivity index (χ2v) is 6.35. The van der Waals surface area contributed by atoms with Crippen LogP contribution in [0.2, 0.25) is 5.02 Å². The first kappa shape index (κ1) is 14.3. The summed E-state index contributed by atoms with van der Waals surface area (Å²) >= 11 is 12.9. The van der Waals surface area contributed by atoms with Crippen molar-refractivity contribution >= 4 is 57.9 Å². The van der Waals surface area contributed by atoms with Crippen molar-refractivity contribution < 1.29 is 4.79 Å². The van der Waals surface area contributed by atoms with E-state index < -0.39 is 0 Å². The van der Waals surface area contributed by atoms with Crippen molar-refractivity contribution in [1.29, 1.82) is 0 Å². The SMILES string of the molecule is Cc1ccc(N2C(=O)/C(=C\c3cccs3)NC2=S)cc1Cl. The van der Waals surface area contributed by atoms with Crippen molar-refractivity contribution in [1.82, 2.24) is 5.32 Å². The summed E-state index contributed by atoms with van der Waals surface area (Å²) in [5, 5.41) is 5.89. The number of amides is 1. The average molecular weight is 335 g/mol. The Morgan fingerprint density at radius 1 is 1.38 bits per heavy atom. The highest BCUT2D eigenvalue weighted by atomic mass is 35.5. The number of carbonyl (C=O) groups is 1. The quantitative estimate of drug-likeness (QED) is 0.666. The minimum Gasteiger partial charge on any atom is -0.327 e. The van der Waals surface area contributed by atoms with E-state index in [1.54, 1.807) is 23.5 Å². The number of anilines is 1. The topological polar surface area (TPSA) is 32.3 Å². The molecule has 0 aliphatic carbocycles. The smallest absolute Gasteiger partial charge is 0.281 e. The van der Waals surface area contributed by atoms with Crippen LogP contribution >= 0.6 is 35.2 Å². The molecule has 1 aliphatic rings. The van der Waals surface area contributed by atoms with Crippen molar-refractivity contribution in [2.75, 3.05) is 4.90 Å². The van der Waals surface area contributed by atoms with E-state index in [0.29, 0.717) is 21.5 Å². The Hall–Kier alpha value is -1.69. The number of thiophene rings is 1. The normalized spacial score (nSPS) is 16.7. The maximum Gasteiger partial charge on any atom is 0.281 e. The molecule has 1 amide bonds. The molecule has 0 atom stereocenters. The molecule has 1 fully saturated rings. The molecule has 0 spiro atoms. The summed E-state index contributed by atoms with van der Waals surface area (Å²) < 4.78 is 0. The maximum atomic E-state index is 12.5. The fraction of sp³-hybridized carbons (Fsp3) is 0.0667. The van der Waals surface area contributed by atoms with Gasteiger partial charge >= 0.3 is 0 Å². The van der Waals surface area contributed by atoms with Crippen LogP contribution in [0.4, 0.5) is 5.69 Å². The Morgan fingerprint density at radius 2 is 2.19 bits per heavy atom. The van der Waals surface area contributed by atoms with E-state index in [4.69, 9.17) is 23.8 Å². The first-order valence-electron chi connectivity index (χ1n) is 6.23. The lowest BCUT2D eigenvalue weighted by molar-refractivity contribution is -0.113. The molecule has 0 saturated carbocycles. The molecule has 0 radical (unpaired) electrons. The summed E-state index contributed by atoms with van der Waals surface area (Å²) in [6.45, 7) is 1.91. The zero-order chi connectivity index (χ0) is 15.0. The van der Waals surface area contributed by atoms with Crippen LogP contribution in [0.3, 0.4) is 0 Å². The fourth-order valence-corrected chi connectivity index (χ4v) is 3.14. The van der Waals surface area contributed by atoms with E-state index >= 15 is 0 Å². The van der Waals surface area contributed by atoms with Gasteiger partial charge in [-0.05, 0) is 54.4 Å². The largest absolute Gasteiger partial charge is 0.327 e. The Morgan fingerprint density at radius 3 is 2.86 bits per heavy atom. The van der Waals surface area contributed by atoms with Gasteiger partial charge in [-0.1, -0.05) is 23.7 Å². The molecule has 1 saturated heterocycles. The van der Waals surface area contributed by atoms with Gasteiger partial charge < -0.3 is 5.32 Å². The zero-order valence-corrected chi connectivity index (χ0v) is 13.5. The second-order valence-electron chi connectivity index (χ2n) is 4.58. The summed E-state index contributed by atoms with van der Waals surface area (Å²) in [6, 6.07) is 9.33. The van der Waals surface area contributed by atoms with Gasteiger partial charge in [0.05, 0.1) is 5.69 Å². The molecule has 2 aromatic rings. The van der Waals surface area contributed by atoms with Crippen LogP contribution in [0.25, 0.3) is 6.08 Å². The van der Waals surface area contributed by atoms with E-state index in [1.165, 1.54) is 4.90 Å². The highest BCUT2D eigenvalue weighted by molar-refractivity contribution is 7.80. The molecular formula is C15H11ClN2OS2. The zero-order valence-electron chi connectivity index (χ0n) is 11.1. The Bertz CT molecular complexity index is 753. The molecular weight excluding hydrogens is 324 g/mol. The van der Waals surface area contributed by atoms with Crippen molar-refractivity contribution in [2.24, 2.45) is 0 Å². The van der Waals surface area contributed by atoms with Crippen LogP contribution in [0.1, 0.15) is 10.4 Å². The number of hydrogen-bond donors (Lipinski definition) is 1. The number of thiocarbonyl (C=S) groups is 1. The van der Waals surface area contributed by atoms with Gasteiger partial charge in [0.15, 0.2) is 5.11 Å². The minimum atomic E-state index is -0.173. The maximum absolute atomic E-state index is 12.5. The molecule has 2 heterocycles. The molecule has 3 rings (SSSR count). The third-order valence-corrected chi connectivity index (χ3v) is 4.63. The second kappa shape index (κ2) is 5.60. The van der Waals surface area contributed by atoms with Crippen LogP contribution < -0.4 is 10.2 Å². The third kappa shape index (κ3) is 2.72. The average Bonchev–Trinajstić information content (AvgIpc) is 3.03. The molecule has 1 aromatic heterocycles. The Labute approximate surface area is 136 Å². The van der Waals surface area contributed by atoms with Crippen molar-refractivity contribution in [3.63, 3.8) is 0 Å². The standard InChI is InChI=1S/C15H11ClN2OS2/c1-9-4-5-10(7-12(9)16)18-14(19)13(17-15(18)20)8-11-3-2-6-21-11/h2-8H,1H3,(H,17,20)/b13-8+. The highest BCUT2D eigenvalue weighted by Crippen LogP contribution is 2.27. The van der Waals surface area contributed by atoms with Crippen LogP contribution in [0.15, 0.2) is 41.4 Å². The van der Waals surface area contributed by atoms with E-state index in [0.717, 1.165) is 10.4 Å². The Kier molecular flexibility index (Phi) is 3.80. The third-order valence-electron chi connectivity index (χ3n) is 3.12. The summed E-state index contributed by atoms with van der Waals surface area (Å²) in [4.78, 5) is 15.0. The van der Waals surface area contributed by atoms with E-state index in [9.17, 15) is 4.79 Å². The Balaban J connectivity index is 1.95. The van der Waals surface area contributed by atoms with Crippen molar-refractivity contribution in [2.45, 2.75) is 6.92 Å². The van der Waals surface area contributed by atoms with Gasteiger partial charge in [0.25, 0.3) is 5.91 Å². The lowest BCUT2D eigenvalue weighted by Gasteiger charge is -2.14. The molecule has 0 unspecified atom stereocenters. The van der Waals surface area contributed by atoms with Crippen LogP contribution in [-0.2, 0) is 4.79 Å². The van der Waals surface area contributed by atoms with Crippen molar-refractivity contribution in [3.8, 4) is 0 Å². The molecule has 3 nitrogen and oxygen atoms in total. The first-order chi connectivity index (χ1) is 10.1. The van der Waals surface area contributed by atoms with Crippen LogP contribution in [-0.4, -0.2) is 11.0 Å². The van der Waals surface area contributed by atoms with Crippen LogP contribution in [0.5, 0.6) is 0 Å². The molecule has 1 aliphatic heterocycles. The van der Waals surface area contributed by atoms with Gasteiger partial charge in [-0.25, -0.2) is 0 Å². The number of halogens is 1. The predicted octanol–water partition coefficient (Wildman–Crippen LogP) is 3.97. The molecule has 21 heavy (non-hydrogen) atoms.